The zero-order valence-corrected chi connectivity index (χ0v) is 15.5. The Hall–Kier alpha value is -2.74. The topological polar surface area (TPSA) is 59.0 Å². The maximum Gasteiger partial charge on any atom is 0.416 e. The van der Waals surface area contributed by atoms with Crippen molar-refractivity contribution in [1.29, 1.82) is 0 Å². The van der Waals surface area contributed by atoms with Gasteiger partial charge in [-0.05, 0) is 55.3 Å². The van der Waals surface area contributed by atoms with Crippen molar-refractivity contribution in [2.24, 2.45) is 5.92 Å². The summed E-state index contributed by atoms with van der Waals surface area (Å²) in [5, 5.41) is 9.26. The minimum Gasteiger partial charge on any atom is -0.481 e. The molecular weight excluding hydrogens is 387 g/mol. The molecule has 29 heavy (non-hydrogen) atoms. The van der Waals surface area contributed by atoms with Crippen molar-refractivity contribution in [1.82, 2.24) is 4.90 Å². The van der Waals surface area contributed by atoms with Gasteiger partial charge in [-0.2, -0.15) is 13.2 Å². The number of halogens is 3. The van der Waals surface area contributed by atoms with Crippen molar-refractivity contribution in [2.45, 2.75) is 25.1 Å². The molecule has 2 aliphatic heterocycles. The Labute approximate surface area is 165 Å². The number of fused-ring (bicyclic) bond motifs is 1. The monoisotopic (exact) mass is 407 g/mol. The Morgan fingerprint density at radius 3 is 2.45 bits per heavy atom. The summed E-state index contributed by atoms with van der Waals surface area (Å²) in [7, 11) is 0. The van der Waals surface area contributed by atoms with Crippen molar-refractivity contribution in [2.75, 3.05) is 19.9 Å². The second kappa shape index (κ2) is 7.59. The van der Waals surface area contributed by atoms with E-state index in [2.05, 4.69) is 0 Å². The number of nitrogens with zero attached hydrogens (tertiary/aromatic N) is 1. The molecule has 0 bridgehead atoms. The molecule has 1 N–H and O–H groups in total. The average molecular weight is 407 g/mol. The average Bonchev–Trinajstić information content (AvgIpc) is 3.16. The number of carboxylic acid groups (broad SMARTS) is 1. The van der Waals surface area contributed by atoms with Gasteiger partial charge in [0.05, 0.1) is 17.5 Å². The molecule has 0 aromatic heterocycles. The van der Waals surface area contributed by atoms with Crippen molar-refractivity contribution in [3.8, 4) is 11.5 Å². The normalized spacial score (nSPS) is 18.6. The molecule has 0 saturated carbocycles. The SMILES string of the molecule is O=C(O)C1CCN(C(c2ccc3c(c2)OCO3)c2ccccc2C(F)(F)F)CC1. The third-order valence-corrected chi connectivity index (χ3v) is 5.52. The summed E-state index contributed by atoms with van der Waals surface area (Å²) in [5.41, 5.74) is 0.107. The molecule has 5 nitrogen and oxygen atoms in total. The number of ether oxygens (including phenoxy) is 2. The van der Waals surface area contributed by atoms with Gasteiger partial charge >= 0.3 is 12.1 Å². The minimum atomic E-state index is -4.50. The predicted molar refractivity (Wildman–Crippen MR) is 97.8 cm³/mol. The molecule has 2 aromatic carbocycles. The zero-order valence-electron chi connectivity index (χ0n) is 15.5. The third-order valence-electron chi connectivity index (χ3n) is 5.52. The van der Waals surface area contributed by atoms with E-state index in [0.29, 0.717) is 43.0 Å². The summed E-state index contributed by atoms with van der Waals surface area (Å²) in [5.74, 6) is -0.278. The lowest BCUT2D eigenvalue weighted by atomic mass is 9.89. The summed E-state index contributed by atoms with van der Waals surface area (Å²) in [4.78, 5) is 13.2. The van der Waals surface area contributed by atoms with Crippen molar-refractivity contribution < 1.29 is 32.5 Å². The number of hydrogen-bond acceptors (Lipinski definition) is 4. The van der Waals surface area contributed by atoms with E-state index >= 15 is 0 Å². The van der Waals surface area contributed by atoms with Crippen LogP contribution in [0.2, 0.25) is 0 Å². The molecule has 0 radical (unpaired) electrons. The van der Waals surface area contributed by atoms with Crippen LogP contribution in [-0.2, 0) is 11.0 Å². The Kier molecular flexibility index (Phi) is 5.12. The van der Waals surface area contributed by atoms with Crippen LogP contribution < -0.4 is 9.47 Å². The van der Waals surface area contributed by atoms with Gasteiger partial charge in [0, 0.05) is 0 Å². The molecule has 1 fully saturated rings. The Morgan fingerprint density at radius 2 is 1.76 bits per heavy atom. The van der Waals surface area contributed by atoms with Crippen LogP contribution in [-0.4, -0.2) is 35.9 Å². The first-order valence-electron chi connectivity index (χ1n) is 9.37. The fourth-order valence-electron chi connectivity index (χ4n) is 4.07. The second-order valence-electron chi connectivity index (χ2n) is 7.25. The predicted octanol–water partition coefficient (Wildman–Crippen LogP) is 4.32. The Bertz CT molecular complexity index is 907. The van der Waals surface area contributed by atoms with E-state index in [1.54, 1.807) is 24.3 Å². The summed E-state index contributed by atoms with van der Waals surface area (Å²) in [6.07, 6.45) is -3.71. The lowest BCUT2D eigenvalue weighted by molar-refractivity contribution is -0.143. The van der Waals surface area contributed by atoms with Gasteiger partial charge in [-0.1, -0.05) is 24.3 Å². The number of alkyl halides is 3. The smallest absolute Gasteiger partial charge is 0.416 e. The number of likely N-dealkylation sites (tertiary alicyclic amines) is 1. The molecule has 0 amide bonds. The van der Waals surface area contributed by atoms with Gasteiger partial charge in [0.1, 0.15) is 0 Å². The first-order valence-corrected chi connectivity index (χ1v) is 9.37. The molecule has 4 rings (SSSR count). The van der Waals surface area contributed by atoms with Gasteiger partial charge in [0.2, 0.25) is 6.79 Å². The van der Waals surface area contributed by atoms with E-state index in [-0.39, 0.29) is 12.4 Å². The van der Waals surface area contributed by atoms with Crippen LogP contribution >= 0.6 is 0 Å². The summed E-state index contributed by atoms with van der Waals surface area (Å²) >= 11 is 0. The highest BCUT2D eigenvalue weighted by Crippen LogP contribution is 2.43. The van der Waals surface area contributed by atoms with E-state index in [1.165, 1.54) is 12.1 Å². The fraction of sp³-hybridized carbons (Fsp3) is 0.381. The standard InChI is InChI=1S/C21H20F3NO4/c22-21(23,24)16-4-2-1-3-15(16)19(25-9-7-13(8-10-25)20(26)27)14-5-6-17-18(11-14)29-12-28-17/h1-6,11,13,19H,7-10,12H2,(H,26,27). The highest BCUT2D eigenvalue weighted by atomic mass is 19.4. The summed E-state index contributed by atoms with van der Waals surface area (Å²) in [6.45, 7) is 0.858. The molecule has 2 aliphatic rings. The highest BCUT2D eigenvalue weighted by Gasteiger charge is 2.38. The molecule has 0 spiro atoms. The van der Waals surface area contributed by atoms with E-state index in [4.69, 9.17) is 9.47 Å². The van der Waals surface area contributed by atoms with E-state index < -0.39 is 29.7 Å². The molecular formula is C21H20F3NO4. The van der Waals surface area contributed by atoms with E-state index in [9.17, 15) is 23.1 Å². The lowest BCUT2D eigenvalue weighted by Crippen LogP contribution is -2.39. The van der Waals surface area contributed by atoms with Crippen LogP contribution in [0.25, 0.3) is 0 Å². The zero-order chi connectivity index (χ0) is 20.6. The van der Waals surface area contributed by atoms with Gasteiger partial charge in [-0.3, -0.25) is 9.69 Å². The summed E-state index contributed by atoms with van der Waals surface area (Å²) in [6, 6.07) is 10.0. The van der Waals surface area contributed by atoms with Crippen LogP contribution in [0.4, 0.5) is 13.2 Å². The van der Waals surface area contributed by atoms with E-state index in [0.717, 1.165) is 6.07 Å². The molecule has 8 heteroatoms. The van der Waals surface area contributed by atoms with E-state index in [1.807, 2.05) is 4.90 Å². The number of hydrogen-bond donors (Lipinski definition) is 1. The Morgan fingerprint density at radius 1 is 1.07 bits per heavy atom. The van der Waals surface area contributed by atoms with Crippen molar-refractivity contribution in [3.05, 3.63) is 59.2 Å². The van der Waals surface area contributed by atoms with Gasteiger partial charge in [-0.25, -0.2) is 0 Å². The van der Waals surface area contributed by atoms with Crippen molar-refractivity contribution in [3.63, 3.8) is 0 Å². The molecule has 2 heterocycles. The fourth-order valence-corrected chi connectivity index (χ4v) is 4.07. The number of benzene rings is 2. The Balaban J connectivity index is 1.76. The highest BCUT2D eigenvalue weighted by molar-refractivity contribution is 5.70. The minimum absolute atomic E-state index is 0.0760. The lowest BCUT2D eigenvalue weighted by Gasteiger charge is -2.38. The number of rotatable bonds is 4. The number of aliphatic carboxylic acids is 1. The van der Waals surface area contributed by atoms with Crippen LogP contribution in [0.1, 0.15) is 35.6 Å². The van der Waals surface area contributed by atoms with Gasteiger partial charge in [0.25, 0.3) is 0 Å². The molecule has 1 atom stereocenters. The number of carboxylic acids is 1. The number of carbonyl (C=O) groups is 1. The van der Waals surface area contributed by atoms with Gasteiger partial charge in [0.15, 0.2) is 11.5 Å². The summed E-state index contributed by atoms with van der Waals surface area (Å²) < 4.78 is 52.0. The third kappa shape index (κ3) is 3.89. The number of piperidine rings is 1. The quantitative estimate of drug-likeness (QED) is 0.818. The molecule has 2 aromatic rings. The van der Waals surface area contributed by atoms with Crippen LogP contribution in [0.15, 0.2) is 42.5 Å². The maximum absolute atomic E-state index is 13.7. The van der Waals surface area contributed by atoms with Crippen LogP contribution in [0, 0.1) is 5.92 Å². The molecule has 154 valence electrons. The van der Waals surface area contributed by atoms with Crippen LogP contribution in [0.5, 0.6) is 11.5 Å². The van der Waals surface area contributed by atoms with Crippen molar-refractivity contribution >= 4 is 5.97 Å². The van der Waals surface area contributed by atoms with Gasteiger partial charge in [-0.15, -0.1) is 0 Å². The second-order valence-corrected chi connectivity index (χ2v) is 7.25. The maximum atomic E-state index is 13.7. The van der Waals surface area contributed by atoms with Gasteiger partial charge < -0.3 is 14.6 Å². The molecule has 1 unspecified atom stereocenters. The largest absolute Gasteiger partial charge is 0.481 e. The molecule has 0 aliphatic carbocycles. The first-order chi connectivity index (χ1) is 13.8. The first kappa shape index (κ1) is 19.6. The van der Waals surface area contributed by atoms with Crippen LogP contribution in [0.3, 0.4) is 0 Å². The molecule has 1 saturated heterocycles.